The predicted octanol–water partition coefficient (Wildman–Crippen LogP) is 4.89. The summed E-state index contributed by atoms with van der Waals surface area (Å²) in [5, 5.41) is 4.60. The average Bonchev–Trinajstić information content (AvgIpc) is 2.99. The zero-order valence-electron chi connectivity index (χ0n) is 16.1. The molecule has 0 unspecified atom stereocenters. The highest BCUT2D eigenvalue weighted by atomic mass is 32.2. The van der Waals surface area contributed by atoms with E-state index in [1.807, 2.05) is 25.6 Å². The first-order valence-corrected chi connectivity index (χ1v) is 9.80. The Labute approximate surface area is 160 Å². The summed E-state index contributed by atoms with van der Waals surface area (Å²) in [7, 11) is 6.25. The molecule has 2 aromatic carbocycles. The summed E-state index contributed by atoms with van der Waals surface area (Å²) in [5.74, 6) is 0. The van der Waals surface area contributed by atoms with Gasteiger partial charge < -0.3 is 4.90 Å². The van der Waals surface area contributed by atoms with E-state index in [0.29, 0.717) is 0 Å². The standard InChI is InChI=1S/C20H20N3S.C2H6/c1-21(2)23-13-12-15(16-8-4-5-9-17(16)23)14-20-22(3)18-10-6-7-11-19(18)24-20;1-2/h4-14H,1-3H3;1-2H3/q+1;. The fourth-order valence-electron chi connectivity index (χ4n) is 3.09. The van der Waals surface area contributed by atoms with Crippen molar-refractivity contribution in [1.29, 1.82) is 0 Å². The molecule has 0 fully saturated rings. The molecular weight excluding hydrogens is 338 g/mol. The second kappa shape index (κ2) is 7.83. The molecule has 26 heavy (non-hydrogen) atoms. The van der Waals surface area contributed by atoms with E-state index in [1.165, 1.54) is 32.1 Å². The van der Waals surface area contributed by atoms with Crippen LogP contribution in [0.3, 0.4) is 0 Å². The van der Waals surface area contributed by atoms with E-state index in [1.54, 1.807) is 0 Å². The minimum atomic E-state index is 1.21. The number of anilines is 1. The van der Waals surface area contributed by atoms with Gasteiger partial charge in [-0.3, -0.25) is 0 Å². The molecule has 4 heteroatoms. The molecule has 134 valence electrons. The molecule has 1 aliphatic rings. The van der Waals surface area contributed by atoms with Crippen molar-refractivity contribution in [2.24, 2.45) is 0 Å². The molecule has 3 nitrogen and oxygen atoms in total. The van der Waals surface area contributed by atoms with Gasteiger partial charge in [-0.2, -0.15) is 5.01 Å². The van der Waals surface area contributed by atoms with Crippen molar-refractivity contribution in [1.82, 2.24) is 0 Å². The van der Waals surface area contributed by atoms with Crippen molar-refractivity contribution in [3.05, 3.63) is 71.4 Å². The summed E-state index contributed by atoms with van der Waals surface area (Å²) in [6, 6.07) is 19.3. The van der Waals surface area contributed by atoms with Gasteiger partial charge in [0.2, 0.25) is 11.7 Å². The van der Waals surface area contributed by atoms with Gasteiger partial charge in [0, 0.05) is 24.1 Å². The molecule has 4 rings (SSSR count). The number of rotatable bonds is 2. The maximum Gasteiger partial charge on any atom is 0.243 e. The molecule has 0 radical (unpaired) electrons. The van der Waals surface area contributed by atoms with Crippen LogP contribution in [0.1, 0.15) is 19.4 Å². The normalized spacial score (nSPS) is 14.2. The number of para-hydroxylation sites is 2. The van der Waals surface area contributed by atoms with Gasteiger partial charge in [0.05, 0.1) is 30.2 Å². The van der Waals surface area contributed by atoms with Crippen LogP contribution >= 0.6 is 11.8 Å². The fraction of sp³-hybridized carbons (Fsp3) is 0.227. The van der Waals surface area contributed by atoms with E-state index in [4.69, 9.17) is 0 Å². The topological polar surface area (TPSA) is 10.4 Å². The monoisotopic (exact) mass is 364 g/mol. The minimum Gasteiger partial charge on any atom is -0.338 e. The molecule has 2 heterocycles. The third-order valence-electron chi connectivity index (χ3n) is 4.34. The third-order valence-corrected chi connectivity index (χ3v) is 5.50. The first-order valence-electron chi connectivity index (χ1n) is 8.98. The molecule has 0 saturated carbocycles. The van der Waals surface area contributed by atoms with Crippen LogP contribution < -0.4 is 14.6 Å². The van der Waals surface area contributed by atoms with E-state index in [9.17, 15) is 0 Å². The molecule has 0 aliphatic carbocycles. The first kappa shape index (κ1) is 18.3. The van der Waals surface area contributed by atoms with E-state index in [0.717, 1.165) is 0 Å². The van der Waals surface area contributed by atoms with Crippen molar-refractivity contribution in [3.8, 4) is 0 Å². The first-order chi connectivity index (χ1) is 12.6. The van der Waals surface area contributed by atoms with Crippen LogP contribution in [-0.4, -0.2) is 21.1 Å². The minimum absolute atomic E-state index is 1.21. The maximum atomic E-state index is 2.28. The Morgan fingerprint density at radius 2 is 1.65 bits per heavy atom. The van der Waals surface area contributed by atoms with Gasteiger partial charge in [-0.15, -0.1) is 0 Å². The number of hydrogen-bond donors (Lipinski definition) is 0. The van der Waals surface area contributed by atoms with Gasteiger partial charge in [0.15, 0.2) is 0 Å². The van der Waals surface area contributed by atoms with Crippen LogP contribution in [0.2, 0.25) is 0 Å². The highest BCUT2D eigenvalue weighted by Gasteiger charge is 2.22. The fourth-order valence-corrected chi connectivity index (χ4v) is 4.20. The molecular formula is C22H26N3S+. The van der Waals surface area contributed by atoms with Crippen LogP contribution in [0.5, 0.6) is 0 Å². The quantitative estimate of drug-likeness (QED) is 0.600. The molecule has 0 N–H and O–H groups in total. The largest absolute Gasteiger partial charge is 0.338 e. The van der Waals surface area contributed by atoms with Crippen LogP contribution in [0.4, 0.5) is 5.69 Å². The zero-order valence-corrected chi connectivity index (χ0v) is 16.9. The number of aromatic nitrogens is 1. The summed E-state index contributed by atoms with van der Waals surface area (Å²) in [6.45, 7) is 4.00. The summed E-state index contributed by atoms with van der Waals surface area (Å²) in [6.07, 6.45) is 4.41. The molecule has 0 atom stereocenters. The van der Waals surface area contributed by atoms with Crippen molar-refractivity contribution in [3.63, 3.8) is 0 Å². The number of fused-ring (bicyclic) bond motifs is 2. The molecule has 0 amide bonds. The Morgan fingerprint density at radius 1 is 0.962 bits per heavy atom. The van der Waals surface area contributed by atoms with Crippen LogP contribution in [-0.2, 0) is 0 Å². The summed E-state index contributed by atoms with van der Waals surface area (Å²) < 4.78 is 2.16. The summed E-state index contributed by atoms with van der Waals surface area (Å²) >= 11 is 1.83. The van der Waals surface area contributed by atoms with E-state index < -0.39 is 0 Å². The molecule has 1 aliphatic heterocycles. The van der Waals surface area contributed by atoms with Gasteiger partial charge in [0.1, 0.15) is 0 Å². The number of thioether (sulfide) groups is 1. The second-order valence-electron chi connectivity index (χ2n) is 6.09. The van der Waals surface area contributed by atoms with Gasteiger partial charge in [-0.25, -0.2) is 0 Å². The Hall–Kier alpha value is -2.46. The molecule has 1 aromatic heterocycles. The van der Waals surface area contributed by atoms with E-state index in [-0.39, 0.29) is 0 Å². The predicted molar refractivity (Wildman–Crippen MR) is 114 cm³/mol. The Morgan fingerprint density at radius 3 is 2.38 bits per heavy atom. The van der Waals surface area contributed by atoms with Crippen LogP contribution in [0, 0.1) is 0 Å². The van der Waals surface area contributed by atoms with E-state index >= 15 is 0 Å². The van der Waals surface area contributed by atoms with Gasteiger partial charge in [-0.05, 0) is 29.8 Å². The lowest BCUT2D eigenvalue weighted by molar-refractivity contribution is -0.661. The summed E-state index contributed by atoms with van der Waals surface area (Å²) in [4.78, 5) is 3.58. The highest BCUT2D eigenvalue weighted by Crippen LogP contribution is 2.45. The lowest BCUT2D eigenvalue weighted by Gasteiger charge is -2.14. The van der Waals surface area contributed by atoms with Crippen LogP contribution in [0.25, 0.3) is 17.0 Å². The molecule has 0 spiro atoms. The number of benzene rings is 2. The summed E-state index contributed by atoms with van der Waals surface area (Å²) in [5.41, 5.74) is 3.73. The van der Waals surface area contributed by atoms with Crippen molar-refractivity contribution in [2.45, 2.75) is 18.7 Å². The van der Waals surface area contributed by atoms with E-state index in [2.05, 4.69) is 103 Å². The number of hydrogen-bond acceptors (Lipinski definition) is 3. The van der Waals surface area contributed by atoms with Crippen LogP contribution in [0.15, 0.2) is 70.7 Å². The molecule has 3 aromatic rings. The highest BCUT2D eigenvalue weighted by molar-refractivity contribution is 8.03. The van der Waals surface area contributed by atoms with Crippen molar-refractivity contribution >= 4 is 34.4 Å². The van der Waals surface area contributed by atoms with Gasteiger partial charge in [0.25, 0.3) is 0 Å². The maximum absolute atomic E-state index is 2.28. The average molecular weight is 365 g/mol. The van der Waals surface area contributed by atoms with Gasteiger partial charge in [-0.1, -0.05) is 54.6 Å². The third kappa shape index (κ3) is 3.29. The van der Waals surface area contributed by atoms with Crippen molar-refractivity contribution in [2.75, 3.05) is 31.1 Å². The second-order valence-corrected chi connectivity index (χ2v) is 7.15. The lowest BCUT2D eigenvalue weighted by Crippen LogP contribution is -2.52. The molecule has 0 bridgehead atoms. The van der Waals surface area contributed by atoms with Crippen molar-refractivity contribution < 1.29 is 4.68 Å². The van der Waals surface area contributed by atoms with Gasteiger partial charge >= 0.3 is 0 Å². The SMILES string of the molecule is CC.CN1/C(=C/c2cc[n+](N(C)C)c3ccccc23)Sc2ccccc21. The number of nitrogens with zero attached hydrogens (tertiary/aromatic N) is 3. The molecule has 0 saturated heterocycles. The Bertz CT molecular complexity index is 947. The lowest BCUT2D eigenvalue weighted by atomic mass is 10.1. The Kier molecular flexibility index (Phi) is 5.52. The zero-order chi connectivity index (χ0) is 18.7. The number of pyridine rings is 1. The Balaban J connectivity index is 0.000000948. The smallest absolute Gasteiger partial charge is 0.243 e.